The smallest absolute Gasteiger partial charge is 0.0642 e. The van der Waals surface area contributed by atoms with Gasteiger partial charge >= 0.3 is 0 Å². The molecule has 1 aromatic carbocycles. The Morgan fingerprint density at radius 1 is 1.29 bits per heavy atom. The topological polar surface area (TPSA) is 29.3 Å². The third-order valence-corrected chi connectivity index (χ3v) is 4.79. The monoisotopic (exact) mass is 308 g/mol. The first-order valence-electron chi connectivity index (χ1n) is 8.37. The quantitative estimate of drug-likeness (QED) is 0.795. The van der Waals surface area contributed by atoms with Crippen LogP contribution in [0.3, 0.4) is 0 Å². The number of benzene rings is 1. The van der Waals surface area contributed by atoms with E-state index in [1.165, 1.54) is 43.4 Å². The van der Waals surface area contributed by atoms with Crippen molar-refractivity contribution in [3.63, 3.8) is 0 Å². The van der Waals surface area contributed by atoms with Crippen LogP contribution in [0.2, 0.25) is 5.02 Å². The summed E-state index contributed by atoms with van der Waals surface area (Å²) < 4.78 is 0. The lowest BCUT2D eigenvalue weighted by Crippen LogP contribution is -2.36. The zero-order valence-electron chi connectivity index (χ0n) is 13.4. The maximum atomic E-state index is 6.57. The number of rotatable bonds is 7. The highest BCUT2D eigenvalue weighted by Gasteiger charge is 2.25. The lowest BCUT2D eigenvalue weighted by molar-refractivity contribution is 0.527. The first-order valence-corrected chi connectivity index (χ1v) is 8.75. The number of anilines is 1. The minimum Gasteiger partial charge on any atom is -0.367 e. The van der Waals surface area contributed by atoms with Gasteiger partial charge in [-0.2, -0.15) is 0 Å². The third kappa shape index (κ3) is 4.37. The van der Waals surface area contributed by atoms with Crippen molar-refractivity contribution in [2.75, 3.05) is 18.0 Å². The number of hydrogen-bond donors (Lipinski definition) is 1. The molecule has 21 heavy (non-hydrogen) atoms. The second-order valence-electron chi connectivity index (χ2n) is 6.60. The highest BCUT2D eigenvalue weighted by Crippen LogP contribution is 2.36. The average Bonchev–Trinajstić information content (AvgIpc) is 2.95. The summed E-state index contributed by atoms with van der Waals surface area (Å²) in [5.74, 6) is 0.717. The van der Waals surface area contributed by atoms with Crippen molar-refractivity contribution in [2.45, 2.75) is 58.4 Å². The molecule has 0 bridgehead atoms. The van der Waals surface area contributed by atoms with Gasteiger partial charge in [-0.15, -0.1) is 0 Å². The van der Waals surface area contributed by atoms with Crippen molar-refractivity contribution < 1.29 is 0 Å². The van der Waals surface area contributed by atoms with Gasteiger partial charge in [-0.3, -0.25) is 0 Å². The van der Waals surface area contributed by atoms with Crippen molar-refractivity contribution in [3.8, 4) is 0 Å². The first-order chi connectivity index (χ1) is 10.1. The van der Waals surface area contributed by atoms with Crippen LogP contribution in [0.25, 0.3) is 0 Å². The van der Waals surface area contributed by atoms with Gasteiger partial charge in [-0.25, -0.2) is 0 Å². The van der Waals surface area contributed by atoms with Crippen molar-refractivity contribution in [1.82, 2.24) is 0 Å². The van der Waals surface area contributed by atoms with E-state index in [2.05, 4.69) is 24.8 Å². The number of hydrogen-bond acceptors (Lipinski definition) is 2. The zero-order valence-corrected chi connectivity index (χ0v) is 14.2. The van der Waals surface area contributed by atoms with Gasteiger partial charge in [0.1, 0.15) is 0 Å². The summed E-state index contributed by atoms with van der Waals surface area (Å²) in [5.41, 5.74) is 8.35. The van der Waals surface area contributed by atoms with Crippen LogP contribution in [-0.2, 0) is 6.42 Å². The molecule has 0 heterocycles. The van der Waals surface area contributed by atoms with Crippen molar-refractivity contribution in [3.05, 3.63) is 28.8 Å². The Morgan fingerprint density at radius 2 is 2.00 bits per heavy atom. The van der Waals surface area contributed by atoms with Gasteiger partial charge in [-0.1, -0.05) is 50.4 Å². The maximum Gasteiger partial charge on any atom is 0.0642 e. The number of nitrogens with two attached hydrogens (primary N) is 1. The zero-order chi connectivity index (χ0) is 15.2. The SMILES string of the molecule is CC(C)CCN(c1c(Cl)cccc1CCN)C1CCCC1. The van der Waals surface area contributed by atoms with E-state index in [9.17, 15) is 0 Å². The van der Waals surface area contributed by atoms with Crippen molar-refractivity contribution >= 4 is 17.3 Å². The Morgan fingerprint density at radius 3 is 2.62 bits per heavy atom. The number of nitrogens with zero attached hydrogens (tertiary/aromatic N) is 1. The lowest BCUT2D eigenvalue weighted by atomic mass is 10.0. The van der Waals surface area contributed by atoms with E-state index in [4.69, 9.17) is 17.3 Å². The second-order valence-corrected chi connectivity index (χ2v) is 7.01. The van der Waals surface area contributed by atoms with Crippen LogP contribution >= 0.6 is 11.6 Å². The van der Waals surface area contributed by atoms with Crippen LogP contribution in [0.15, 0.2) is 18.2 Å². The Labute approximate surface area is 134 Å². The molecule has 0 radical (unpaired) electrons. The Bertz CT molecular complexity index is 439. The molecule has 1 saturated carbocycles. The molecule has 1 fully saturated rings. The van der Waals surface area contributed by atoms with E-state index in [0.29, 0.717) is 18.5 Å². The van der Waals surface area contributed by atoms with E-state index in [1.54, 1.807) is 0 Å². The molecular formula is C18H29ClN2. The van der Waals surface area contributed by atoms with E-state index >= 15 is 0 Å². The van der Waals surface area contributed by atoms with Crippen LogP contribution in [0.1, 0.15) is 51.5 Å². The normalized spacial score (nSPS) is 15.9. The predicted octanol–water partition coefficient (Wildman–Crippen LogP) is 4.64. The van der Waals surface area contributed by atoms with Crippen molar-refractivity contribution in [1.29, 1.82) is 0 Å². The van der Waals surface area contributed by atoms with Gasteiger partial charge in [0, 0.05) is 12.6 Å². The Balaban J connectivity index is 2.30. The lowest BCUT2D eigenvalue weighted by Gasteiger charge is -2.34. The molecule has 118 valence electrons. The molecule has 1 aromatic rings. The molecular weight excluding hydrogens is 280 g/mol. The summed E-state index contributed by atoms with van der Waals surface area (Å²) in [5, 5.41) is 0.886. The van der Waals surface area contributed by atoms with Gasteiger partial charge in [0.2, 0.25) is 0 Å². The highest BCUT2D eigenvalue weighted by atomic mass is 35.5. The van der Waals surface area contributed by atoms with E-state index in [0.717, 1.165) is 18.0 Å². The largest absolute Gasteiger partial charge is 0.367 e. The molecule has 1 aliphatic carbocycles. The average molecular weight is 309 g/mol. The van der Waals surface area contributed by atoms with Crippen LogP contribution in [0.4, 0.5) is 5.69 Å². The van der Waals surface area contributed by atoms with Gasteiger partial charge in [0.15, 0.2) is 0 Å². The molecule has 1 aliphatic rings. The van der Waals surface area contributed by atoms with E-state index in [1.807, 2.05) is 12.1 Å². The molecule has 0 aliphatic heterocycles. The fourth-order valence-electron chi connectivity index (χ4n) is 3.33. The van der Waals surface area contributed by atoms with Crippen LogP contribution in [-0.4, -0.2) is 19.1 Å². The molecule has 2 rings (SSSR count). The summed E-state index contributed by atoms with van der Waals surface area (Å²) in [7, 11) is 0. The summed E-state index contributed by atoms with van der Waals surface area (Å²) in [6, 6.07) is 6.91. The summed E-state index contributed by atoms with van der Waals surface area (Å²) >= 11 is 6.57. The minimum absolute atomic E-state index is 0.653. The number of para-hydroxylation sites is 1. The van der Waals surface area contributed by atoms with Crippen LogP contribution in [0.5, 0.6) is 0 Å². The molecule has 2 nitrogen and oxygen atoms in total. The molecule has 0 spiro atoms. The molecule has 0 saturated heterocycles. The minimum atomic E-state index is 0.653. The Hall–Kier alpha value is -0.730. The van der Waals surface area contributed by atoms with Gasteiger partial charge < -0.3 is 10.6 Å². The van der Waals surface area contributed by atoms with Crippen LogP contribution < -0.4 is 10.6 Å². The Kier molecular flexibility index (Phi) is 6.38. The molecule has 0 aromatic heterocycles. The fraction of sp³-hybridized carbons (Fsp3) is 0.667. The summed E-state index contributed by atoms with van der Waals surface area (Å²) in [6.45, 7) is 6.36. The highest BCUT2D eigenvalue weighted by molar-refractivity contribution is 6.33. The third-order valence-electron chi connectivity index (χ3n) is 4.48. The van der Waals surface area contributed by atoms with E-state index in [-0.39, 0.29) is 0 Å². The molecule has 0 atom stereocenters. The summed E-state index contributed by atoms with van der Waals surface area (Å²) in [4.78, 5) is 2.58. The predicted molar refractivity (Wildman–Crippen MR) is 93.3 cm³/mol. The van der Waals surface area contributed by atoms with Gasteiger partial charge in [0.05, 0.1) is 10.7 Å². The van der Waals surface area contributed by atoms with Crippen LogP contribution in [0, 0.1) is 5.92 Å². The van der Waals surface area contributed by atoms with Gasteiger partial charge in [0.25, 0.3) is 0 Å². The molecule has 0 unspecified atom stereocenters. The van der Waals surface area contributed by atoms with Gasteiger partial charge in [-0.05, 0) is 49.8 Å². The number of halogens is 1. The van der Waals surface area contributed by atoms with E-state index < -0.39 is 0 Å². The maximum absolute atomic E-state index is 6.57. The molecule has 2 N–H and O–H groups in total. The standard InChI is InChI=1S/C18H29ClN2/c1-14(2)11-13-21(16-7-3-4-8-16)18-15(10-12-20)6-5-9-17(18)19/h5-6,9,14,16H,3-4,7-8,10-13,20H2,1-2H3. The summed E-state index contributed by atoms with van der Waals surface area (Å²) in [6.07, 6.45) is 7.40. The molecule has 0 amide bonds. The second kappa shape index (κ2) is 8.05. The first kappa shape index (κ1) is 16.6. The van der Waals surface area contributed by atoms with Crippen molar-refractivity contribution in [2.24, 2.45) is 11.7 Å². The molecule has 3 heteroatoms. The fourth-order valence-corrected chi connectivity index (χ4v) is 3.63.